The largest absolute Gasteiger partial charge is 0.353 e. The predicted octanol–water partition coefficient (Wildman–Crippen LogP) is 0.547. The van der Waals surface area contributed by atoms with Crippen LogP contribution >= 0.6 is 12.4 Å². The summed E-state index contributed by atoms with van der Waals surface area (Å²) in [6, 6.07) is 0. The number of hydrogen-bond donors (Lipinski definition) is 1. The molecule has 0 aliphatic heterocycles. The fourth-order valence-electron chi connectivity index (χ4n) is 0.702. The maximum Gasteiger partial charge on any atom is 0.242 e. The van der Waals surface area contributed by atoms with Crippen LogP contribution in [-0.2, 0) is 6.54 Å². The second kappa shape index (κ2) is 4.90. The summed E-state index contributed by atoms with van der Waals surface area (Å²) in [5, 5.41) is 14.1. The topological polar surface area (TPSA) is 55.6 Å². The van der Waals surface area contributed by atoms with Gasteiger partial charge in [-0.05, 0) is 24.3 Å². The van der Waals surface area contributed by atoms with Crippen molar-refractivity contribution >= 4 is 18.4 Å². The lowest BCUT2D eigenvalue weighted by Gasteiger charge is -1.99. The van der Waals surface area contributed by atoms with Crippen LogP contribution in [0.2, 0.25) is 0 Å². The average molecular weight is 178 g/mol. The summed E-state index contributed by atoms with van der Waals surface area (Å²) in [4.78, 5) is 0. The molecule has 0 unspecified atom stereocenters. The molecule has 1 heterocycles. The highest BCUT2D eigenvalue weighted by molar-refractivity contribution is 5.85. The molecule has 1 aromatic heterocycles. The summed E-state index contributed by atoms with van der Waals surface area (Å²) in [5.74, 6) is 0.741. The van der Waals surface area contributed by atoms with Gasteiger partial charge in [0.05, 0.1) is 0 Å². The van der Waals surface area contributed by atoms with Crippen LogP contribution in [0, 0.1) is 0 Å². The van der Waals surface area contributed by atoms with Gasteiger partial charge in [0.1, 0.15) is 0 Å². The van der Waals surface area contributed by atoms with Crippen molar-refractivity contribution in [1.29, 1.82) is 0 Å². The van der Waals surface area contributed by atoms with Gasteiger partial charge in [-0.2, -0.15) is 0 Å². The molecule has 0 saturated heterocycles. The molecular weight excluding hydrogens is 166 g/mol. The van der Waals surface area contributed by atoms with Gasteiger partial charge in [-0.25, -0.2) is 4.68 Å². The monoisotopic (exact) mass is 177 g/mol. The van der Waals surface area contributed by atoms with E-state index in [-0.39, 0.29) is 12.4 Å². The summed E-state index contributed by atoms with van der Waals surface area (Å²) in [6.07, 6.45) is 0. The zero-order valence-corrected chi connectivity index (χ0v) is 7.43. The lowest BCUT2D eigenvalue weighted by atomic mass is 10.7. The first-order valence-electron chi connectivity index (χ1n) is 3.38. The summed E-state index contributed by atoms with van der Waals surface area (Å²) in [6.45, 7) is 5.65. The van der Waals surface area contributed by atoms with Crippen LogP contribution in [0.4, 0.5) is 5.95 Å². The Labute approximate surface area is 71.6 Å². The number of anilines is 1. The Morgan fingerprint density at radius 1 is 1.45 bits per heavy atom. The number of aromatic nitrogens is 4. The Morgan fingerprint density at radius 2 is 2.18 bits per heavy atom. The van der Waals surface area contributed by atoms with Crippen molar-refractivity contribution in [2.24, 2.45) is 0 Å². The predicted molar refractivity (Wildman–Crippen MR) is 44.9 cm³/mol. The van der Waals surface area contributed by atoms with Gasteiger partial charge >= 0.3 is 0 Å². The zero-order valence-electron chi connectivity index (χ0n) is 6.61. The minimum Gasteiger partial charge on any atom is -0.353 e. The number of nitrogens with zero attached hydrogens (tertiary/aromatic N) is 4. The number of rotatable bonds is 3. The molecule has 1 N–H and O–H groups in total. The van der Waals surface area contributed by atoms with E-state index in [0.717, 1.165) is 19.0 Å². The van der Waals surface area contributed by atoms with Gasteiger partial charge < -0.3 is 5.32 Å². The third-order valence-electron chi connectivity index (χ3n) is 1.17. The highest BCUT2D eigenvalue weighted by atomic mass is 35.5. The second-order valence-corrected chi connectivity index (χ2v) is 1.85. The van der Waals surface area contributed by atoms with Gasteiger partial charge in [-0.15, -0.1) is 12.4 Å². The lowest BCUT2D eigenvalue weighted by Crippen LogP contribution is -2.06. The maximum atomic E-state index is 3.77. The van der Waals surface area contributed by atoms with Gasteiger partial charge in [-0.3, -0.25) is 0 Å². The van der Waals surface area contributed by atoms with Crippen LogP contribution < -0.4 is 5.32 Å². The molecule has 5 nitrogen and oxygen atoms in total. The van der Waals surface area contributed by atoms with Crippen molar-refractivity contribution < 1.29 is 0 Å². The number of halogens is 1. The summed E-state index contributed by atoms with van der Waals surface area (Å²) in [5.41, 5.74) is 0. The third-order valence-corrected chi connectivity index (χ3v) is 1.17. The molecule has 1 aromatic rings. The quantitative estimate of drug-likeness (QED) is 0.733. The standard InChI is InChI=1S/C5H11N5.ClH/c1-3-6-5-7-8-9-10(5)4-2;/h3-4H2,1-2H3,(H,6,7,9);1H. The number of nitrogens with one attached hydrogen (secondary N) is 1. The van der Waals surface area contributed by atoms with E-state index in [1.54, 1.807) is 4.68 Å². The smallest absolute Gasteiger partial charge is 0.242 e. The van der Waals surface area contributed by atoms with Crippen molar-refractivity contribution in [2.75, 3.05) is 11.9 Å². The van der Waals surface area contributed by atoms with E-state index < -0.39 is 0 Å². The van der Waals surface area contributed by atoms with Gasteiger partial charge in [-0.1, -0.05) is 5.10 Å². The number of tetrazole rings is 1. The van der Waals surface area contributed by atoms with Crippen LogP contribution in [0.1, 0.15) is 13.8 Å². The highest BCUT2D eigenvalue weighted by Gasteiger charge is 1.99. The van der Waals surface area contributed by atoms with Crippen LogP contribution in [0.3, 0.4) is 0 Å². The molecule has 0 fully saturated rings. The molecule has 0 bridgehead atoms. The fraction of sp³-hybridized carbons (Fsp3) is 0.800. The van der Waals surface area contributed by atoms with Crippen LogP contribution in [0.5, 0.6) is 0 Å². The molecule has 1 rings (SSSR count). The summed E-state index contributed by atoms with van der Waals surface area (Å²) in [7, 11) is 0. The Balaban J connectivity index is 0.000001000. The van der Waals surface area contributed by atoms with E-state index in [4.69, 9.17) is 0 Å². The Bertz CT molecular complexity index is 199. The van der Waals surface area contributed by atoms with Crippen molar-refractivity contribution in [1.82, 2.24) is 20.2 Å². The third kappa shape index (κ3) is 2.34. The molecule has 0 saturated carbocycles. The Hall–Kier alpha value is -0.840. The van der Waals surface area contributed by atoms with Gasteiger partial charge in [0, 0.05) is 13.1 Å². The van der Waals surface area contributed by atoms with Crippen LogP contribution in [0.15, 0.2) is 0 Å². The van der Waals surface area contributed by atoms with Crippen molar-refractivity contribution in [2.45, 2.75) is 20.4 Å². The molecule has 0 aliphatic carbocycles. The molecular formula is C5H12ClN5. The van der Waals surface area contributed by atoms with E-state index in [2.05, 4.69) is 20.8 Å². The van der Waals surface area contributed by atoms with Crippen LogP contribution in [0.25, 0.3) is 0 Å². The minimum atomic E-state index is 0. The average Bonchev–Trinajstić information content (AvgIpc) is 2.36. The van der Waals surface area contributed by atoms with E-state index >= 15 is 0 Å². The highest BCUT2D eigenvalue weighted by Crippen LogP contribution is 1.96. The van der Waals surface area contributed by atoms with Gasteiger partial charge in [0.15, 0.2) is 0 Å². The van der Waals surface area contributed by atoms with E-state index in [9.17, 15) is 0 Å². The molecule has 0 atom stereocenters. The lowest BCUT2D eigenvalue weighted by molar-refractivity contribution is 0.630. The van der Waals surface area contributed by atoms with Crippen molar-refractivity contribution in [3.05, 3.63) is 0 Å². The van der Waals surface area contributed by atoms with E-state index in [0.29, 0.717) is 0 Å². The van der Waals surface area contributed by atoms with E-state index in [1.807, 2.05) is 13.8 Å². The van der Waals surface area contributed by atoms with E-state index in [1.165, 1.54) is 0 Å². The number of aryl methyl sites for hydroxylation is 1. The Morgan fingerprint density at radius 3 is 2.73 bits per heavy atom. The minimum absolute atomic E-state index is 0. The van der Waals surface area contributed by atoms with Crippen LogP contribution in [-0.4, -0.2) is 26.8 Å². The van der Waals surface area contributed by atoms with Crippen molar-refractivity contribution in [3.8, 4) is 0 Å². The molecule has 64 valence electrons. The maximum absolute atomic E-state index is 3.77. The first-order chi connectivity index (χ1) is 4.88. The molecule has 0 radical (unpaired) electrons. The second-order valence-electron chi connectivity index (χ2n) is 1.85. The molecule has 0 aromatic carbocycles. The van der Waals surface area contributed by atoms with Crippen molar-refractivity contribution in [3.63, 3.8) is 0 Å². The SMILES string of the molecule is CCNc1nnnn1CC.Cl. The summed E-state index contributed by atoms with van der Waals surface area (Å²) < 4.78 is 1.71. The number of hydrogen-bond acceptors (Lipinski definition) is 4. The molecule has 0 spiro atoms. The Kier molecular flexibility index (Phi) is 4.52. The fourth-order valence-corrected chi connectivity index (χ4v) is 0.702. The molecule has 6 heteroatoms. The van der Waals surface area contributed by atoms with Gasteiger partial charge in [0.2, 0.25) is 5.95 Å². The summed E-state index contributed by atoms with van der Waals surface area (Å²) >= 11 is 0. The molecule has 0 aliphatic rings. The zero-order chi connectivity index (χ0) is 7.40. The molecule has 11 heavy (non-hydrogen) atoms. The first kappa shape index (κ1) is 10.2. The first-order valence-corrected chi connectivity index (χ1v) is 3.38. The van der Waals surface area contributed by atoms with Gasteiger partial charge in [0.25, 0.3) is 0 Å². The normalized spacial score (nSPS) is 8.91. The molecule has 0 amide bonds.